The highest BCUT2D eigenvalue weighted by atomic mass is 16.6. The van der Waals surface area contributed by atoms with Gasteiger partial charge in [0.25, 0.3) is 0 Å². The van der Waals surface area contributed by atoms with E-state index in [-0.39, 0.29) is 32.3 Å². The Morgan fingerprint density at radius 1 is 0.861 bits per heavy atom. The fourth-order valence-corrected chi connectivity index (χ4v) is 2.76. The molecule has 0 aromatic heterocycles. The Bertz CT molecular complexity index is 760. The Kier molecular flexibility index (Phi) is 16.9. The SMILES string of the molecule is COCCOCCOCCOCCOC(=O)N[C@H](C(=O)NCC(=O)Nc1ccc(CO)cc1)C(C)C. The van der Waals surface area contributed by atoms with Crippen molar-refractivity contribution in [3.8, 4) is 0 Å². The third kappa shape index (κ3) is 14.6. The van der Waals surface area contributed by atoms with Crippen molar-refractivity contribution in [2.24, 2.45) is 5.92 Å². The lowest BCUT2D eigenvalue weighted by Crippen LogP contribution is -2.51. The molecule has 36 heavy (non-hydrogen) atoms. The largest absolute Gasteiger partial charge is 0.447 e. The molecule has 0 bridgehead atoms. The molecule has 0 fully saturated rings. The molecular weight excluding hydrogens is 474 g/mol. The second kappa shape index (κ2) is 19.4. The van der Waals surface area contributed by atoms with Gasteiger partial charge in [0, 0.05) is 12.8 Å². The van der Waals surface area contributed by atoms with Crippen molar-refractivity contribution in [3.05, 3.63) is 29.8 Å². The molecule has 0 saturated heterocycles. The smallest absolute Gasteiger partial charge is 0.407 e. The first kappa shape index (κ1) is 31.3. The summed E-state index contributed by atoms with van der Waals surface area (Å²) in [7, 11) is 1.61. The molecule has 1 atom stereocenters. The van der Waals surface area contributed by atoms with Gasteiger partial charge in [-0.05, 0) is 23.6 Å². The highest BCUT2D eigenvalue weighted by Crippen LogP contribution is 2.09. The highest BCUT2D eigenvalue weighted by Gasteiger charge is 2.25. The van der Waals surface area contributed by atoms with Crippen LogP contribution in [0.3, 0.4) is 0 Å². The van der Waals surface area contributed by atoms with Gasteiger partial charge in [0.05, 0.1) is 59.4 Å². The van der Waals surface area contributed by atoms with E-state index in [1.807, 2.05) is 0 Å². The average molecular weight is 514 g/mol. The zero-order chi connectivity index (χ0) is 26.6. The number of hydrogen-bond donors (Lipinski definition) is 4. The maximum absolute atomic E-state index is 12.5. The zero-order valence-electron chi connectivity index (χ0n) is 21.2. The summed E-state index contributed by atoms with van der Waals surface area (Å²) < 4.78 is 25.8. The molecule has 0 saturated carbocycles. The fourth-order valence-electron chi connectivity index (χ4n) is 2.76. The van der Waals surface area contributed by atoms with Gasteiger partial charge in [0.2, 0.25) is 11.8 Å². The van der Waals surface area contributed by atoms with Crippen molar-refractivity contribution in [3.63, 3.8) is 0 Å². The molecule has 0 aliphatic carbocycles. The lowest BCUT2D eigenvalue weighted by molar-refractivity contribution is -0.126. The summed E-state index contributed by atoms with van der Waals surface area (Å²) in [5, 5.41) is 16.7. The molecule has 12 heteroatoms. The van der Waals surface area contributed by atoms with Crippen LogP contribution in [0.2, 0.25) is 0 Å². The van der Waals surface area contributed by atoms with Crippen LogP contribution in [0.4, 0.5) is 10.5 Å². The Labute approximate surface area is 211 Å². The minimum Gasteiger partial charge on any atom is -0.447 e. The Morgan fingerprint density at radius 2 is 1.42 bits per heavy atom. The maximum Gasteiger partial charge on any atom is 0.407 e. The fraction of sp³-hybridized carbons (Fsp3) is 0.625. The predicted octanol–water partition coefficient (Wildman–Crippen LogP) is 0.681. The Hall–Kier alpha value is -2.77. The van der Waals surface area contributed by atoms with E-state index in [0.717, 1.165) is 5.56 Å². The normalized spacial score (nSPS) is 11.7. The van der Waals surface area contributed by atoms with Crippen LogP contribution >= 0.6 is 0 Å². The van der Waals surface area contributed by atoms with E-state index in [9.17, 15) is 14.4 Å². The molecule has 0 aliphatic heterocycles. The standard InChI is InChI=1S/C24H39N3O9/c1-18(2)22(23(30)25-16-21(29)26-20-6-4-19(17-28)5-7-20)27-24(31)36-15-14-35-13-12-34-11-10-33-9-8-32-3/h4-7,18,22,28H,8-17H2,1-3H3,(H,25,30)(H,26,29)(H,27,31)/t22-/m0/s1. The third-order valence-electron chi connectivity index (χ3n) is 4.70. The topological polar surface area (TPSA) is 154 Å². The Balaban J connectivity index is 2.20. The van der Waals surface area contributed by atoms with Gasteiger partial charge >= 0.3 is 6.09 Å². The van der Waals surface area contributed by atoms with E-state index in [1.54, 1.807) is 45.2 Å². The van der Waals surface area contributed by atoms with Crippen molar-refractivity contribution >= 4 is 23.6 Å². The van der Waals surface area contributed by atoms with Crippen LogP contribution in [0.1, 0.15) is 19.4 Å². The quantitative estimate of drug-likeness (QED) is 0.196. The van der Waals surface area contributed by atoms with E-state index in [4.69, 9.17) is 28.8 Å². The van der Waals surface area contributed by atoms with Gasteiger partial charge < -0.3 is 44.7 Å². The number of ether oxygens (including phenoxy) is 5. The van der Waals surface area contributed by atoms with Crippen molar-refractivity contribution in [1.82, 2.24) is 10.6 Å². The van der Waals surface area contributed by atoms with Gasteiger partial charge in [-0.25, -0.2) is 4.79 Å². The summed E-state index contributed by atoms with van der Waals surface area (Å²) in [5.74, 6) is -1.17. The molecule has 0 unspecified atom stereocenters. The van der Waals surface area contributed by atoms with Gasteiger partial charge in [-0.3, -0.25) is 9.59 Å². The molecule has 1 aromatic rings. The molecule has 1 rings (SSSR count). The molecule has 0 spiro atoms. The lowest BCUT2D eigenvalue weighted by atomic mass is 10.0. The molecule has 0 aliphatic rings. The van der Waals surface area contributed by atoms with Crippen LogP contribution in [-0.2, 0) is 39.9 Å². The molecular formula is C24H39N3O9. The van der Waals surface area contributed by atoms with Crippen molar-refractivity contribution in [1.29, 1.82) is 0 Å². The number of nitrogens with one attached hydrogen (secondary N) is 3. The van der Waals surface area contributed by atoms with E-state index in [0.29, 0.717) is 45.3 Å². The minimum atomic E-state index is -0.880. The van der Waals surface area contributed by atoms with E-state index < -0.39 is 23.9 Å². The number of carbonyl (C=O) groups excluding carboxylic acids is 3. The summed E-state index contributed by atoms with van der Waals surface area (Å²) in [6.07, 6.45) is -0.759. The molecule has 204 valence electrons. The second-order valence-corrected chi connectivity index (χ2v) is 7.95. The number of aliphatic hydroxyl groups excluding tert-OH is 1. The summed E-state index contributed by atoms with van der Waals surface area (Å²) in [6, 6.07) is 5.78. The molecule has 12 nitrogen and oxygen atoms in total. The van der Waals surface area contributed by atoms with Crippen LogP contribution < -0.4 is 16.0 Å². The third-order valence-corrected chi connectivity index (χ3v) is 4.70. The van der Waals surface area contributed by atoms with Gasteiger partial charge in [0.15, 0.2) is 0 Å². The van der Waals surface area contributed by atoms with E-state index in [1.165, 1.54) is 0 Å². The summed E-state index contributed by atoms with van der Waals surface area (Å²) in [6.45, 7) is 6.06. The van der Waals surface area contributed by atoms with Crippen LogP contribution in [0.25, 0.3) is 0 Å². The predicted molar refractivity (Wildman–Crippen MR) is 131 cm³/mol. The first-order chi connectivity index (χ1) is 17.4. The number of methoxy groups -OCH3 is 1. The Morgan fingerprint density at radius 3 is 1.94 bits per heavy atom. The van der Waals surface area contributed by atoms with Crippen molar-refractivity contribution in [2.45, 2.75) is 26.5 Å². The molecule has 0 radical (unpaired) electrons. The first-order valence-corrected chi connectivity index (χ1v) is 11.8. The second-order valence-electron chi connectivity index (χ2n) is 7.95. The van der Waals surface area contributed by atoms with Gasteiger partial charge in [-0.2, -0.15) is 0 Å². The summed E-state index contributed by atoms with van der Waals surface area (Å²) in [5.41, 5.74) is 1.25. The van der Waals surface area contributed by atoms with Crippen LogP contribution in [0, 0.1) is 5.92 Å². The number of alkyl carbamates (subject to hydrolysis) is 1. The number of benzene rings is 1. The van der Waals surface area contributed by atoms with Crippen LogP contribution in [0.15, 0.2) is 24.3 Å². The summed E-state index contributed by atoms with van der Waals surface area (Å²) >= 11 is 0. The number of amides is 3. The van der Waals surface area contributed by atoms with Crippen LogP contribution in [0.5, 0.6) is 0 Å². The minimum absolute atomic E-state index is 0.00980. The average Bonchev–Trinajstić information content (AvgIpc) is 2.86. The zero-order valence-corrected chi connectivity index (χ0v) is 21.2. The number of anilines is 1. The van der Waals surface area contributed by atoms with Crippen LogP contribution in [-0.4, -0.2) is 95.6 Å². The van der Waals surface area contributed by atoms with E-state index in [2.05, 4.69) is 16.0 Å². The van der Waals surface area contributed by atoms with Crippen molar-refractivity contribution in [2.75, 3.05) is 71.8 Å². The van der Waals surface area contributed by atoms with Gasteiger partial charge in [0.1, 0.15) is 12.6 Å². The lowest BCUT2D eigenvalue weighted by Gasteiger charge is -2.21. The van der Waals surface area contributed by atoms with Crippen molar-refractivity contribution < 1.29 is 43.2 Å². The first-order valence-electron chi connectivity index (χ1n) is 11.8. The molecule has 1 aromatic carbocycles. The van der Waals surface area contributed by atoms with Gasteiger partial charge in [-0.15, -0.1) is 0 Å². The monoisotopic (exact) mass is 513 g/mol. The number of hydrogen-bond acceptors (Lipinski definition) is 9. The van der Waals surface area contributed by atoms with Gasteiger partial charge in [-0.1, -0.05) is 26.0 Å². The molecule has 0 heterocycles. The molecule has 3 amide bonds. The van der Waals surface area contributed by atoms with E-state index >= 15 is 0 Å². The highest BCUT2D eigenvalue weighted by molar-refractivity contribution is 5.95. The number of carbonyl (C=O) groups is 3. The molecule has 4 N–H and O–H groups in total. The number of aliphatic hydroxyl groups is 1. The maximum atomic E-state index is 12.5. The number of rotatable bonds is 19. The summed E-state index contributed by atoms with van der Waals surface area (Å²) in [4.78, 5) is 36.7.